The lowest BCUT2D eigenvalue weighted by molar-refractivity contribution is -0.142. The van der Waals surface area contributed by atoms with E-state index in [-0.39, 0.29) is 24.8 Å². The van der Waals surface area contributed by atoms with Gasteiger partial charge in [-0.1, -0.05) is 12.1 Å². The van der Waals surface area contributed by atoms with Gasteiger partial charge in [0.15, 0.2) is 0 Å². The molecule has 6 heteroatoms. The molecule has 0 saturated heterocycles. The van der Waals surface area contributed by atoms with Gasteiger partial charge in [-0.15, -0.1) is 0 Å². The molecule has 20 heavy (non-hydrogen) atoms. The van der Waals surface area contributed by atoms with Crippen molar-refractivity contribution in [2.45, 2.75) is 26.4 Å². The van der Waals surface area contributed by atoms with E-state index in [9.17, 15) is 14.0 Å². The molecule has 1 aromatic rings. The number of nitrogens with zero attached hydrogens (tertiary/aromatic N) is 1. The SMILES string of the molecule is Cc1ccc(CNC(=O)CN(C)C(C)C(=O)O)cc1F. The van der Waals surface area contributed by atoms with Gasteiger partial charge in [0.1, 0.15) is 11.9 Å². The minimum atomic E-state index is -0.985. The van der Waals surface area contributed by atoms with Gasteiger partial charge in [-0.3, -0.25) is 14.5 Å². The number of hydrogen-bond donors (Lipinski definition) is 2. The van der Waals surface area contributed by atoms with Crippen molar-refractivity contribution < 1.29 is 19.1 Å². The van der Waals surface area contributed by atoms with Crippen LogP contribution in [-0.2, 0) is 16.1 Å². The molecule has 1 atom stereocenters. The van der Waals surface area contributed by atoms with Gasteiger partial charge in [-0.25, -0.2) is 4.39 Å². The number of aryl methyl sites for hydroxylation is 1. The van der Waals surface area contributed by atoms with Gasteiger partial charge < -0.3 is 10.4 Å². The number of carboxylic acids is 1. The monoisotopic (exact) mass is 282 g/mol. The molecule has 0 bridgehead atoms. The molecule has 0 heterocycles. The molecule has 0 aliphatic rings. The molecule has 1 aromatic carbocycles. The predicted octanol–water partition coefficient (Wildman–Crippen LogP) is 1.16. The van der Waals surface area contributed by atoms with Crippen LogP contribution < -0.4 is 5.32 Å². The standard InChI is InChI=1S/C14H19FN2O3/c1-9-4-5-11(6-12(9)15)7-16-13(18)8-17(3)10(2)14(19)20/h4-6,10H,7-8H2,1-3H3,(H,16,18)(H,19,20). The molecule has 0 aromatic heterocycles. The van der Waals surface area contributed by atoms with Crippen molar-refractivity contribution >= 4 is 11.9 Å². The van der Waals surface area contributed by atoms with Crippen LogP contribution in [0.5, 0.6) is 0 Å². The number of carboxylic acid groups (broad SMARTS) is 1. The van der Waals surface area contributed by atoms with Crippen molar-refractivity contribution in [3.8, 4) is 0 Å². The van der Waals surface area contributed by atoms with Gasteiger partial charge in [-0.05, 0) is 38.1 Å². The number of aliphatic carboxylic acids is 1. The molecule has 5 nitrogen and oxygen atoms in total. The summed E-state index contributed by atoms with van der Waals surface area (Å²) < 4.78 is 13.3. The number of likely N-dealkylation sites (N-methyl/N-ethyl adjacent to an activating group) is 1. The maximum absolute atomic E-state index is 13.3. The van der Waals surface area contributed by atoms with Crippen molar-refractivity contribution in [3.05, 3.63) is 35.1 Å². The molecule has 0 aliphatic carbocycles. The van der Waals surface area contributed by atoms with E-state index < -0.39 is 12.0 Å². The van der Waals surface area contributed by atoms with E-state index in [0.29, 0.717) is 11.1 Å². The van der Waals surface area contributed by atoms with Crippen molar-refractivity contribution in [1.82, 2.24) is 10.2 Å². The Bertz CT molecular complexity index is 505. The van der Waals surface area contributed by atoms with Crippen LogP contribution in [-0.4, -0.2) is 41.5 Å². The second-order valence-electron chi connectivity index (χ2n) is 4.79. The van der Waals surface area contributed by atoms with E-state index in [1.54, 1.807) is 26.1 Å². The Kier molecular flexibility index (Phi) is 5.64. The van der Waals surface area contributed by atoms with Gasteiger partial charge in [0.05, 0.1) is 6.54 Å². The summed E-state index contributed by atoms with van der Waals surface area (Å²) in [7, 11) is 1.56. The molecule has 1 unspecified atom stereocenters. The zero-order valence-corrected chi connectivity index (χ0v) is 11.8. The molecule has 0 fully saturated rings. The van der Waals surface area contributed by atoms with Crippen molar-refractivity contribution in [1.29, 1.82) is 0 Å². The maximum atomic E-state index is 13.3. The van der Waals surface area contributed by atoms with Crippen molar-refractivity contribution in [2.75, 3.05) is 13.6 Å². The Labute approximate surface area is 117 Å². The number of benzene rings is 1. The highest BCUT2D eigenvalue weighted by atomic mass is 19.1. The Balaban J connectivity index is 2.47. The Morgan fingerprint density at radius 1 is 1.45 bits per heavy atom. The molecule has 2 N–H and O–H groups in total. The summed E-state index contributed by atoms with van der Waals surface area (Å²) in [6.07, 6.45) is 0. The van der Waals surface area contributed by atoms with Crippen LogP contribution in [0.25, 0.3) is 0 Å². The minimum Gasteiger partial charge on any atom is -0.480 e. The van der Waals surface area contributed by atoms with Crippen LogP contribution in [0.4, 0.5) is 4.39 Å². The van der Waals surface area contributed by atoms with Crippen LogP contribution in [0.3, 0.4) is 0 Å². The lowest BCUT2D eigenvalue weighted by Crippen LogP contribution is -2.42. The molecule has 1 amide bonds. The van der Waals surface area contributed by atoms with Crippen molar-refractivity contribution in [2.24, 2.45) is 0 Å². The summed E-state index contributed by atoms with van der Waals surface area (Å²) in [5.41, 5.74) is 1.21. The Hall–Kier alpha value is -1.95. The lowest BCUT2D eigenvalue weighted by Gasteiger charge is -2.20. The first-order chi connectivity index (χ1) is 9.31. The molecular formula is C14H19FN2O3. The van der Waals surface area contributed by atoms with E-state index >= 15 is 0 Å². The first-order valence-corrected chi connectivity index (χ1v) is 6.26. The van der Waals surface area contributed by atoms with Crippen LogP contribution in [0.2, 0.25) is 0 Å². The summed E-state index contributed by atoms with van der Waals surface area (Å²) in [6, 6.07) is 4.02. The summed E-state index contributed by atoms with van der Waals surface area (Å²) >= 11 is 0. The fraction of sp³-hybridized carbons (Fsp3) is 0.429. The van der Waals surface area contributed by atoms with E-state index in [1.807, 2.05) is 0 Å². The summed E-state index contributed by atoms with van der Waals surface area (Å²) in [6.45, 7) is 3.36. The second-order valence-corrected chi connectivity index (χ2v) is 4.79. The first-order valence-electron chi connectivity index (χ1n) is 6.26. The summed E-state index contributed by atoms with van der Waals surface area (Å²) in [4.78, 5) is 23.8. The minimum absolute atomic E-state index is 0.0260. The van der Waals surface area contributed by atoms with Gasteiger partial charge in [0.2, 0.25) is 5.91 Å². The normalized spacial score (nSPS) is 12.2. The number of halogens is 1. The van der Waals surface area contributed by atoms with E-state index in [0.717, 1.165) is 0 Å². The lowest BCUT2D eigenvalue weighted by atomic mass is 10.1. The average Bonchev–Trinajstić information content (AvgIpc) is 2.39. The van der Waals surface area contributed by atoms with Crippen molar-refractivity contribution in [3.63, 3.8) is 0 Å². The maximum Gasteiger partial charge on any atom is 0.320 e. The smallest absolute Gasteiger partial charge is 0.320 e. The molecule has 0 radical (unpaired) electrons. The fourth-order valence-corrected chi connectivity index (χ4v) is 1.55. The highest BCUT2D eigenvalue weighted by Crippen LogP contribution is 2.08. The number of carbonyl (C=O) groups is 2. The third-order valence-corrected chi connectivity index (χ3v) is 3.14. The summed E-state index contributed by atoms with van der Waals surface area (Å²) in [5.74, 6) is -1.60. The Morgan fingerprint density at radius 2 is 2.10 bits per heavy atom. The average molecular weight is 282 g/mol. The van der Waals surface area contributed by atoms with E-state index in [2.05, 4.69) is 5.32 Å². The largest absolute Gasteiger partial charge is 0.480 e. The molecule has 1 rings (SSSR count). The zero-order valence-electron chi connectivity index (χ0n) is 11.8. The Morgan fingerprint density at radius 3 is 2.65 bits per heavy atom. The number of carbonyl (C=O) groups excluding carboxylic acids is 1. The first kappa shape index (κ1) is 16.1. The number of amides is 1. The molecule has 110 valence electrons. The van der Waals surface area contributed by atoms with Gasteiger partial charge in [0.25, 0.3) is 0 Å². The van der Waals surface area contributed by atoms with Crippen LogP contribution >= 0.6 is 0 Å². The highest BCUT2D eigenvalue weighted by Gasteiger charge is 2.18. The quantitative estimate of drug-likeness (QED) is 0.821. The van der Waals surface area contributed by atoms with E-state index in [1.165, 1.54) is 17.9 Å². The number of hydrogen-bond acceptors (Lipinski definition) is 3. The molecule has 0 aliphatic heterocycles. The molecule has 0 saturated carbocycles. The predicted molar refractivity (Wildman–Crippen MR) is 72.7 cm³/mol. The van der Waals surface area contributed by atoms with Crippen LogP contribution in [0, 0.1) is 12.7 Å². The highest BCUT2D eigenvalue weighted by molar-refractivity contribution is 5.79. The molecular weight excluding hydrogens is 263 g/mol. The third-order valence-electron chi connectivity index (χ3n) is 3.14. The summed E-state index contributed by atoms with van der Waals surface area (Å²) in [5, 5.41) is 11.4. The second kappa shape index (κ2) is 7.00. The van der Waals surface area contributed by atoms with E-state index in [4.69, 9.17) is 5.11 Å². The van der Waals surface area contributed by atoms with Gasteiger partial charge >= 0.3 is 5.97 Å². The third kappa shape index (κ3) is 4.62. The number of nitrogens with one attached hydrogen (secondary N) is 1. The van der Waals surface area contributed by atoms with Gasteiger partial charge in [0, 0.05) is 6.54 Å². The zero-order chi connectivity index (χ0) is 15.3. The fourth-order valence-electron chi connectivity index (χ4n) is 1.55. The topological polar surface area (TPSA) is 69.6 Å². The van der Waals surface area contributed by atoms with Crippen LogP contribution in [0.15, 0.2) is 18.2 Å². The number of rotatable bonds is 6. The van der Waals surface area contributed by atoms with Gasteiger partial charge in [-0.2, -0.15) is 0 Å². The molecule has 0 spiro atoms. The van der Waals surface area contributed by atoms with Crippen LogP contribution in [0.1, 0.15) is 18.1 Å².